The van der Waals surface area contributed by atoms with Crippen LogP contribution in [0.4, 0.5) is 0 Å². The van der Waals surface area contributed by atoms with Crippen LogP contribution in [0.3, 0.4) is 0 Å². The first-order valence-electron chi connectivity index (χ1n) is 17.6. The number of hydrogen-bond donors (Lipinski definition) is 2. The second-order valence-electron chi connectivity index (χ2n) is 13.3. The van der Waals surface area contributed by atoms with Gasteiger partial charge in [-0.15, -0.1) is 0 Å². The minimum Gasteiger partial charge on any atom is -0.493 e. The van der Waals surface area contributed by atoms with Crippen LogP contribution in [0.2, 0.25) is 0 Å². The molecular formula is C42H52O11. The molecule has 1 fully saturated rings. The van der Waals surface area contributed by atoms with E-state index in [-0.39, 0.29) is 24.0 Å². The molecule has 0 aromatic heterocycles. The van der Waals surface area contributed by atoms with Crippen molar-refractivity contribution in [3.63, 3.8) is 0 Å². The van der Waals surface area contributed by atoms with Crippen molar-refractivity contribution < 1.29 is 52.8 Å². The topological polar surface area (TPSA) is 124 Å². The first kappa shape index (κ1) is 39.4. The summed E-state index contributed by atoms with van der Waals surface area (Å²) in [5.41, 5.74) is 3.18. The number of benzene rings is 4. The summed E-state index contributed by atoms with van der Waals surface area (Å²) in [6.45, 7) is 7.96. The van der Waals surface area contributed by atoms with Crippen LogP contribution in [0.1, 0.15) is 74.4 Å². The van der Waals surface area contributed by atoms with Gasteiger partial charge in [0.15, 0.2) is 46.0 Å². The lowest BCUT2D eigenvalue weighted by molar-refractivity contribution is 0.0281. The van der Waals surface area contributed by atoms with Gasteiger partial charge in [0, 0.05) is 0 Å². The third-order valence-electron chi connectivity index (χ3n) is 10.1. The number of methoxy groups -OCH3 is 6. The van der Waals surface area contributed by atoms with Gasteiger partial charge in [-0.2, -0.15) is 0 Å². The zero-order chi connectivity index (χ0) is 38.4. The van der Waals surface area contributed by atoms with Crippen LogP contribution in [0.15, 0.2) is 72.8 Å². The van der Waals surface area contributed by atoms with Crippen LogP contribution in [-0.4, -0.2) is 65.1 Å². The normalized spacial score (nSPS) is 20.5. The van der Waals surface area contributed by atoms with Gasteiger partial charge in [-0.1, -0.05) is 38.1 Å². The Morgan fingerprint density at radius 3 is 1.11 bits per heavy atom. The molecule has 4 aromatic carbocycles. The van der Waals surface area contributed by atoms with E-state index < -0.39 is 24.4 Å². The maximum absolute atomic E-state index is 11.1. The molecule has 53 heavy (non-hydrogen) atoms. The standard InChI is InChI=1S/C42H52O11/c1-23-24(2)42(30-14-18-34(38(22-30)50-10)52-26(4)40(44)28-12-16-32(46-6)36(20-28)48-8)53-41(23)29-13-17-33(37(21-29)49-9)51-25(3)39(43)27-11-15-31(45-5)35(19-27)47-7/h11-26,39-44H,1-10H3/t23-,24?,25?,26-,39?,40+,41+,42?/m1/s1. The number of rotatable bonds is 16. The highest BCUT2D eigenvalue weighted by molar-refractivity contribution is 5.48. The lowest BCUT2D eigenvalue weighted by atomic mass is 9.85. The molecule has 0 saturated carbocycles. The van der Waals surface area contributed by atoms with Gasteiger partial charge in [0.05, 0.1) is 54.9 Å². The minimum atomic E-state index is -0.932. The molecule has 11 nitrogen and oxygen atoms in total. The van der Waals surface area contributed by atoms with Crippen LogP contribution in [0, 0.1) is 11.8 Å². The smallest absolute Gasteiger partial charge is 0.161 e. The molecule has 11 heteroatoms. The number of aliphatic hydroxyl groups excluding tert-OH is 2. The Morgan fingerprint density at radius 2 is 0.774 bits per heavy atom. The molecule has 1 heterocycles. The Balaban J connectivity index is 1.29. The van der Waals surface area contributed by atoms with Crippen molar-refractivity contribution in [1.82, 2.24) is 0 Å². The van der Waals surface area contributed by atoms with Crippen molar-refractivity contribution in [2.45, 2.75) is 64.3 Å². The largest absolute Gasteiger partial charge is 0.493 e. The average molecular weight is 733 g/mol. The Morgan fingerprint density at radius 1 is 0.453 bits per heavy atom. The van der Waals surface area contributed by atoms with Crippen LogP contribution in [-0.2, 0) is 4.74 Å². The predicted octanol–water partition coefficient (Wildman–Crippen LogP) is 7.82. The van der Waals surface area contributed by atoms with Gasteiger partial charge in [-0.05, 0) is 96.5 Å². The quantitative estimate of drug-likeness (QED) is 0.117. The van der Waals surface area contributed by atoms with Gasteiger partial charge >= 0.3 is 0 Å². The monoisotopic (exact) mass is 732 g/mol. The molecule has 1 aliphatic rings. The second-order valence-corrected chi connectivity index (χ2v) is 13.3. The molecule has 1 saturated heterocycles. The van der Waals surface area contributed by atoms with Gasteiger partial charge < -0.3 is 52.8 Å². The predicted molar refractivity (Wildman–Crippen MR) is 200 cm³/mol. The zero-order valence-electron chi connectivity index (χ0n) is 32.1. The lowest BCUT2D eigenvalue weighted by Gasteiger charge is -2.24. The SMILES string of the molecule is COc1ccc(C(O)C(C)Oc2ccc([C@H]3OC(c4ccc(O[C@H](C)[C@H](O)c5ccc(OC)c(OC)c5)c(OC)c4)C(C)[C@H]3C)cc2OC)cc1OC. The minimum absolute atomic E-state index is 0.167. The van der Waals surface area contributed by atoms with Crippen molar-refractivity contribution in [2.24, 2.45) is 11.8 Å². The van der Waals surface area contributed by atoms with Crippen molar-refractivity contribution in [2.75, 3.05) is 42.7 Å². The number of aliphatic hydroxyl groups is 2. The highest BCUT2D eigenvalue weighted by Crippen LogP contribution is 2.51. The fourth-order valence-corrected chi connectivity index (χ4v) is 6.78. The lowest BCUT2D eigenvalue weighted by Crippen LogP contribution is -2.22. The summed E-state index contributed by atoms with van der Waals surface area (Å²) in [5.74, 6) is 4.62. The van der Waals surface area contributed by atoms with Crippen molar-refractivity contribution in [1.29, 1.82) is 0 Å². The first-order valence-corrected chi connectivity index (χ1v) is 17.6. The molecule has 0 amide bonds. The summed E-state index contributed by atoms with van der Waals surface area (Å²) in [4.78, 5) is 0. The third kappa shape index (κ3) is 8.38. The average Bonchev–Trinajstić information content (AvgIpc) is 3.49. The Bertz CT molecular complexity index is 1700. The van der Waals surface area contributed by atoms with E-state index in [0.717, 1.165) is 11.1 Å². The van der Waals surface area contributed by atoms with Crippen LogP contribution >= 0.6 is 0 Å². The highest BCUT2D eigenvalue weighted by atomic mass is 16.5. The van der Waals surface area contributed by atoms with Gasteiger partial charge in [0.1, 0.15) is 24.4 Å². The fraction of sp³-hybridized carbons (Fsp3) is 0.429. The molecule has 1 aliphatic heterocycles. The van der Waals surface area contributed by atoms with Crippen LogP contribution < -0.4 is 37.9 Å². The Labute approximate surface area is 312 Å². The van der Waals surface area contributed by atoms with Gasteiger partial charge in [-0.3, -0.25) is 0 Å². The van der Waals surface area contributed by atoms with E-state index in [0.29, 0.717) is 57.1 Å². The van der Waals surface area contributed by atoms with Gasteiger partial charge in [0.25, 0.3) is 0 Å². The Hall–Kier alpha value is -4.84. The number of ether oxygens (including phenoxy) is 9. The maximum atomic E-state index is 11.1. The van der Waals surface area contributed by atoms with E-state index in [1.54, 1.807) is 92.9 Å². The number of hydrogen-bond acceptors (Lipinski definition) is 11. The van der Waals surface area contributed by atoms with Crippen LogP contribution in [0.25, 0.3) is 0 Å². The summed E-state index contributed by atoms with van der Waals surface area (Å²) in [5, 5.41) is 22.2. The molecule has 0 bridgehead atoms. The summed E-state index contributed by atoms with van der Waals surface area (Å²) in [6.07, 6.45) is -3.49. The molecule has 0 radical (unpaired) electrons. The zero-order valence-corrected chi connectivity index (χ0v) is 32.1. The Kier molecular flexibility index (Phi) is 12.9. The third-order valence-corrected chi connectivity index (χ3v) is 10.1. The summed E-state index contributed by atoms with van der Waals surface area (Å²) < 4.78 is 52.2. The molecule has 2 N–H and O–H groups in total. The second kappa shape index (κ2) is 17.3. The van der Waals surface area contributed by atoms with Crippen LogP contribution in [0.5, 0.6) is 46.0 Å². The summed E-state index contributed by atoms with van der Waals surface area (Å²) in [6, 6.07) is 22.1. The van der Waals surface area contributed by atoms with E-state index in [4.69, 9.17) is 42.6 Å². The van der Waals surface area contributed by atoms with E-state index in [1.165, 1.54) is 0 Å². The van der Waals surface area contributed by atoms with Gasteiger partial charge in [-0.25, -0.2) is 0 Å². The van der Waals surface area contributed by atoms with Gasteiger partial charge in [0.2, 0.25) is 0 Å². The fourth-order valence-electron chi connectivity index (χ4n) is 6.78. The molecule has 5 rings (SSSR count). The van der Waals surface area contributed by atoms with E-state index in [2.05, 4.69) is 13.8 Å². The van der Waals surface area contributed by atoms with E-state index in [9.17, 15) is 10.2 Å². The molecule has 8 atom stereocenters. The van der Waals surface area contributed by atoms with Crippen molar-refractivity contribution >= 4 is 0 Å². The van der Waals surface area contributed by atoms with E-state index in [1.807, 2.05) is 36.4 Å². The molecular weight excluding hydrogens is 680 g/mol. The summed E-state index contributed by atoms with van der Waals surface area (Å²) in [7, 11) is 9.43. The molecule has 4 aromatic rings. The molecule has 0 aliphatic carbocycles. The van der Waals surface area contributed by atoms with Crippen molar-refractivity contribution in [3.05, 3.63) is 95.1 Å². The molecule has 0 spiro atoms. The summed E-state index contributed by atoms with van der Waals surface area (Å²) >= 11 is 0. The molecule has 286 valence electrons. The van der Waals surface area contributed by atoms with E-state index >= 15 is 0 Å². The first-order chi connectivity index (χ1) is 25.5. The maximum Gasteiger partial charge on any atom is 0.161 e. The van der Waals surface area contributed by atoms with Crippen molar-refractivity contribution in [3.8, 4) is 46.0 Å². The molecule has 4 unspecified atom stereocenters. The highest BCUT2D eigenvalue weighted by Gasteiger charge is 2.41.